The Bertz CT molecular complexity index is 2150. The van der Waals surface area contributed by atoms with Gasteiger partial charge in [0.15, 0.2) is 6.29 Å². The monoisotopic (exact) mass is 851 g/mol. The number of benzene rings is 3. The van der Waals surface area contributed by atoms with Crippen molar-refractivity contribution in [3.63, 3.8) is 0 Å². The van der Waals surface area contributed by atoms with Gasteiger partial charge in [-0.3, -0.25) is 19.7 Å². The molecule has 0 unspecified atom stereocenters. The number of nitro benzene ring substituents is 1. The molecule has 1 heterocycles. The van der Waals surface area contributed by atoms with Crippen molar-refractivity contribution in [2.24, 2.45) is 22.9 Å². The molecule has 0 aromatic heterocycles. The third kappa shape index (κ3) is 9.77. The lowest BCUT2D eigenvalue weighted by Gasteiger charge is -2.60. The van der Waals surface area contributed by atoms with Gasteiger partial charge in [0.25, 0.3) is 5.69 Å². The maximum absolute atomic E-state index is 14.6. The van der Waals surface area contributed by atoms with E-state index in [0.717, 1.165) is 43.1 Å². The van der Waals surface area contributed by atoms with Crippen LogP contribution in [0, 0.1) is 27.9 Å². The summed E-state index contributed by atoms with van der Waals surface area (Å²) in [5.41, 5.74) is 3.36. The summed E-state index contributed by atoms with van der Waals surface area (Å²) in [5, 5.41) is 35.7. The zero-order chi connectivity index (χ0) is 44.2. The van der Waals surface area contributed by atoms with E-state index in [9.17, 15) is 29.9 Å². The topological polar surface area (TPSA) is 179 Å². The van der Waals surface area contributed by atoms with Gasteiger partial charge in [-0.15, -0.1) is 6.58 Å². The Morgan fingerprint density at radius 1 is 1.03 bits per heavy atom. The van der Waals surface area contributed by atoms with Crippen LogP contribution in [0.5, 0.6) is 23.0 Å². The Balaban J connectivity index is 1.54. The Hall–Kier alpha value is -5.83. The van der Waals surface area contributed by atoms with Crippen molar-refractivity contribution >= 4 is 29.7 Å². The fourth-order valence-corrected chi connectivity index (χ4v) is 9.46. The minimum atomic E-state index is -1.45. The first-order valence-corrected chi connectivity index (χ1v) is 21.3. The van der Waals surface area contributed by atoms with E-state index in [0.29, 0.717) is 65.6 Å². The number of ether oxygens (including phenoxy) is 4. The number of hydrogen-bond donors (Lipinski definition) is 2. The number of unbranched alkanes of at least 4 members (excludes halogenated alkanes) is 2. The van der Waals surface area contributed by atoms with Gasteiger partial charge in [-0.05, 0) is 110 Å². The molecule has 14 heteroatoms. The maximum Gasteiger partial charge on any atom is 0.269 e. The highest BCUT2D eigenvalue weighted by molar-refractivity contribution is 6.03. The van der Waals surface area contributed by atoms with E-state index in [4.69, 9.17) is 23.8 Å². The molecular weight excluding hydrogens is 795 g/mol. The van der Waals surface area contributed by atoms with Gasteiger partial charge in [0.1, 0.15) is 36.1 Å². The van der Waals surface area contributed by atoms with Crippen molar-refractivity contribution in [3.05, 3.63) is 118 Å². The van der Waals surface area contributed by atoms with Gasteiger partial charge >= 0.3 is 0 Å². The number of nitro groups is 1. The Kier molecular flexibility index (Phi) is 15.7. The number of hydrogen-bond acceptors (Lipinski definition) is 12. The number of aliphatic hydroxyl groups is 2. The number of amides is 1. The molecule has 2 N–H and O–H groups in total. The largest absolute Gasteiger partial charge is 0.496 e. The van der Waals surface area contributed by atoms with Crippen LogP contribution in [0.3, 0.4) is 0 Å². The highest BCUT2D eigenvalue weighted by Gasteiger charge is 2.65. The molecule has 3 aromatic carbocycles. The summed E-state index contributed by atoms with van der Waals surface area (Å²) in [6.45, 7) is 6.58. The summed E-state index contributed by atoms with van der Waals surface area (Å²) in [4.78, 5) is 44.6. The van der Waals surface area contributed by atoms with E-state index in [1.807, 2.05) is 25.1 Å². The van der Waals surface area contributed by atoms with Crippen LogP contribution in [-0.4, -0.2) is 90.4 Å². The van der Waals surface area contributed by atoms with E-state index < -0.39 is 22.7 Å². The van der Waals surface area contributed by atoms with Crippen LogP contribution < -0.4 is 14.2 Å². The number of aliphatic hydroxyl groups excluding tert-OH is 2. The summed E-state index contributed by atoms with van der Waals surface area (Å²) < 4.78 is 26.1. The lowest BCUT2D eigenvalue weighted by molar-refractivity contribution is -0.384. The fraction of sp³-hybridized carbons (Fsp3) is 0.438. The molecule has 0 spiro atoms. The minimum absolute atomic E-state index is 0.00107. The molecule has 0 bridgehead atoms. The molecule has 330 valence electrons. The normalized spacial score (nSPS) is 23.1. The smallest absolute Gasteiger partial charge is 0.269 e. The fourth-order valence-electron chi connectivity index (χ4n) is 9.46. The van der Waals surface area contributed by atoms with Crippen LogP contribution >= 0.6 is 0 Å². The zero-order valence-corrected chi connectivity index (χ0v) is 35.6. The maximum atomic E-state index is 14.6. The highest BCUT2D eigenvalue weighted by Crippen LogP contribution is 2.62. The molecule has 0 radical (unpaired) electrons. The first-order valence-electron chi connectivity index (χ1n) is 21.3. The molecule has 2 aliphatic carbocycles. The number of methoxy groups -OCH3 is 1. The van der Waals surface area contributed by atoms with Gasteiger partial charge in [-0.1, -0.05) is 37.1 Å². The Morgan fingerprint density at radius 3 is 2.42 bits per heavy atom. The standard InChI is InChI=1S/C48H57N3O11/c1-5-23-50(45(55)22-15-32-13-16-35(17-14-32)51(56)57)44-30-41(49-59-4)39-28-33(11-7-9-24-52)38(12-8-10-25-53)46-40-29-37(61-36-18-20-42(58-3)34(27-36)31-54)19-21-43(40)62-48(44,47(39)46)60-26-6-2/h6,13-22,27-29,31,33,38,44,46-47,52-53H,2,5,7-12,23-26,30H2,1,3-4H3/t33-,38+,44-,46+,47+,48+/m0/s1. The van der Waals surface area contributed by atoms with Crippen LogP contribution in [-0.2, 0) is 14.4 Å². The van der Waals surface area contributed by atoms with E-state index >= 15 is 0 Å². The SMILES string of the molecule is C=CCO[C@@]12Oc3ccc(Oc4ccc(OC)c(C=O)c4)cc3[C@H]3[C@H](CCCCO)[C@@H](CCCCO)C=C(C(=NOC)C[C@@H]1N(CCC)C(=O)C=Cc1ccc([N+](=O)[O-])cc1)[C@H]32. The lowest BCUT2D eigenvalue weighted by atomic mass is 9.55. The first-order chi connectivity index (χ1) is 30.2. The van der Waals surface area contributed by atoms with Crippen LogP contribution in [0.25, 0.3) is 6.08 Å². The third-order valence-electron chi connectivity index (χ3n) is 12.1. The number of fused-ring (bicyclic) bond motifs is 2. The van der Waals surface area contributed by atoms with E-state index in [2.05, 4.69) is 17.8 Å². The predicted octanol–water partition coefficient (Wildman–Crippen LogP) is 8.42. The number of allylic oxidation sites excluding steroid dienone is 1. The molecule has 6 rings (SSSR count). The number of nitrogens with zero attached hydrogens (tertiary/aromatic N) is 3. The number of non-ortho nitro benzene ring substituents is 1. The molecule has 0 saturated heterocycles. The summed E-state index contributed by atoms with van der Waals surface area (Å²) in [6, 6.07) is 16.0. The molecule has 14 nitrogen and oxygen atoms in total. The Labute approximate surface area is 362 Å². The van der Waals surface area contributed by atoms with Crippen LogP contribution in [0.1, 0.15) is 85.7 Å². The van der Waals surface area contributed by atoms with Crippen molar-refractivity contribution in [1.29, 1.82) is 0 Å². The van der Waals surface area contributed by atoms with Crippen molar-refractivity contribution in [2.75, 3.05) is 40.6 Å². The molecule has 62 heavy (non-hydrogen) atoms. The molecule has 1 saturated carbocycles. The van der Waals surface area contributed by atoms with Gasteiger partial charge in [0.2, 0.25) is 11.7 Å². The van der Waals surface area contributed by atoms with E-state index in [1.165, 1.54) is 32.4 Å². The van der Waals surface area contributed by atoms with Crippen LogP contribution in [0.2, 0.25) is 0 Å². The average molecular weight is 852 g/mol. The number of aldehydes is 1. The second kappa shape index (κ2) is 21.3. The third-order valence-corrected chi connectivity index (χ3v) is 12.1. The van der Waals surface area contributed by atoms with Gasteiger partial charge in [-0.2, -0.15) is 0 Å². The molecule has 3 aromatic rings. The van der Waals surface area contributed by atoms with Crippen molar-refractivity contribution in [1.82, 2.24) is 4.90 Å². The molecule has 6 atom stereocenters. The molecule has 1 aliphatic heterocycles. The van der Waals surface area contributed by atoms with Gasteiger partial charge in [0.05, 0.1) is 35.8 Å². The predicted molar refractivity (Wildman–Crippen MR) is 235 cm³/mol. The lowest BCUT2D eigenvalue weighted by Crippen LogP contribution is -2.70. The number of carbonyl (C=O) groups is 2. The second-order valence-electron chi connectivity index (χ2n) is 15.8. The average Bonchev–Trinajstić information content (AvgIpc) is 3.28. The summed E-state index contributed by atoms with van der Waals surface area (Å²) >= 11 is 0. The van der Waals surface area contributed by atoms with E-state index in [-0.39, 0.29) is 55.6 Å². The minimum Gasteiger partial charge on any atom is -0.496 e. The van der Waals surface area contributed by atoms with Crippen LogP contribution in [0.15, 0.2) is 96.2 Å². The van der Waals surface area contributed by atoms with Gasteiger partial charge < -0.3 is 38.9 Å². The molecular formula is C48H57N3O11. The number of oxime groups is 1. The van der Waals surface area contributed by atoms with Crippen molar-refractivity contribution in [3.8, 4) is 23.0 Å². The molecule has 1 fully saturated rings. The van der Waals surface area contributed by atoms with Crippen molar-refractivity contribution in [2.45, 2.75) is 76.0 Å². The second-order valence-corrected chi connectivity index (χ2v) is 15.8. The Morgan fingerprint density at radius 2 is 1.76 bits per heavy atom. The molecule has 3 aliphatic rings. The van der Waals surface area contributed by atoms with Gasteiger partial charge in [-0.25, -0.2) is 0 Å². The zero-order valence-electron chi connectivity index (χ0n) is 35.6. The van der Waals surface area contributed by atoms with E-state index in [1.54, 1.807) is 47.4 Å². The van der Waals surface area contributed by atoms with Gasteiger partial charge in [0, 0.05) is 55.9 Å². The van der Waals surface area contributed by atoms with Crippen molar-refractivity contribution < 1.29 is 48.5 Å². The summed E-state index contributed by atoms with van der Waals surface area (Å²) in [6.07, 6.45) is 13.0. The quantitative estimate of drug-likeness (QED) is 0.0248. The summed E-state index contributed by atoms with van der Waals surface area (Å²) in [5.74, 6) is -0.533. The summed E-state index contributed by atoms with van der Waals surface area (Å²) in [7, 11) is 3.00. The molecule has 1 amide bonds. The number of rotatable bonds is 22. The van der Waals surface area contributed by atoms with Crippen LogP contribution in [0.4, 0.5) is 5.69 Å². The first kappa shape index (κ1) is 45.7. The number of carbonyl (C=O) groups excluding carboxylic acids is 2. The highest BCUT2D eigenvalue weighted by atomic mass is 16.7.